The summed E-state index contributed by atoms with van der Waals surface area (Å²) in [7, 11) is 2.96. The highest BCUT2D eigenvalue weighted by atomic mass is 35.5. The topological polar surface area (TPSA) is 146 Å². The van der Waals surface area contributed by atoms with Crippen LogP contribution in [0.4, 0.5) is 4.79 Å². The number of rotatable bonds is 15. The molecule has 0 fully saturated rings. The Morgan fingerprint density at radius 3 is 2.47 bits per heavy atom. The van der Waals surface area contributed by atoms with Crippen molar-refractivity contribution in [1.82, 2.24) is 16.1 Å². The molecule has 0 bridgehead atoms. The Labute approximate surface area is 294 Å². The summed E-state index contributed by atoms with van der Waals surface area (Å²) >= 11 is 12.2. The Morgan fingerprint density at radius 1 is 1.00 bits per heavy atom. The molecular formula is C35H36Cl2N4O8. The summed E-state index contributed by atoms with van der Waals surface area (Å²) in [6, 6.07) is 12.4. The summed E-state index contributed by atoms with van der Waals surface area (Å²) in [5.41, 5.74) is 5.89. The van der Waals surface area contributed by atoms with Crippen molar-refractivity contribution in [2.24, 2.45) is 5.10 Å². The summed E-state index contributed by atoms with van der Waals surface area (Å²) in [4.78, 5) is 37.5. The average Bonchev–Trinajstić information content (AvgIpc) is 3.07. The molecular weight excluding hydrogens is 675 g/mol. The monoisotopic (exact) mass is 710 g/mol. The van der Waals surface area contributed by atoms with Crippen LogP contribution in [-0.2, 0) is 27.4 Å². The van der Waals surface area contributed by atoms with Crippen LogP contribution in [0, 0.1) is 0 Å². The number of carbonyl (C=O) groups excluding carboxylic acids is 3. The van der Waals surface area contributed by atoms with Crippen molar-refractivity contribution in [3.8, 4) is 23.0 Å². The van der Waals surface area contributed by atoms with Gasteiger partial charge in [0.15, 0.2) is 29.6 Å². The first kappa shape index (κ1) is 36.6. The van der Waals surface area contributed by atoms with Gasteiger partial charge in [0, 0.05) is 11.3 Å². The van der Waals surface area contributed by atoms with E-state index in [1.165, 1.54) is 20.4 Å². The Balaban J connectivity index is 1.41. The van der Waals surface area contributed by atoms with Gasteiger partial charge in [-0.3, -0.25) is 4.79 Å². The molecule has 0 aliphatic carbocycles. The number of urea groups is 1. The third kappa shape index (κ3) is 9.46. The second-order valence-corrected chi connectivity index (χ2v) is 11.3. The molecule has 0 spiro atoms. The van der Waals surface area contributed by atoms with Crippen molar-refractivity contribution in [2.45, 2.75) is 32.9 Å². The van der Waals surface area contributed by atoms with Crippen molar-refractivity contribution in [2.75, 3.05) is 27.4 Å². The third-order valence-corrected chi connectivity index (χ3v) is 7.89. The summed E-state index contributed by atoms with van der Waals surface area (Å²) in [5, 5.41) is 10.3. The van der Waals surface area contributed by atoms with Crippen LogP contribution in [0.1, 0.15) is 42.1 Å². The molecule has 3 amide bonds. The third-order valence-electron chi connectivity index (χ3n) is 7.15. The van der Waals surface area contributed by atoms with Gasteiger partial charge < -0.3 is 34.3 Å². The predicted molar refractivity (Wildman–Crippen MR) is 186 cm³/mol. The number of hydrogen-bond acceptors (Lipinski definition) is 9. The highest BCUT2D eigenvalue weighted by Crippen LogP contribution is 2.36. The number of ether oxygens (including phenoxy) is 5. The normalized spacial score (nSPS) is 14.1. The molecule has 3 N–H and O–H groups in total. The van der Waals surface area contributed by atoms with E-state index in [4.69, 9.17) is 46.9 Å². The van der Waals surface area contributed by atoms with Crippen LogP contribution in [0.5, 0.6) is 23.0 Å². The molecule has 1 atom stereocenters. The van der Waals surface area contributed by atoms with Gasteiger partial charge in [-0.2, -0.15) is 5.10 Å². The number of allylic oxidation sites excluding steroid dienone is 2. The van der Waals surface area contributed by atoms with Crippen LogP contribution in [0.2, 0.25) is 10.0 Å². The van der Waals surface area contributed by atoms with Crippen LogP contribution in [-0.4, -0.2) is 51.6 Å². The summed E-state index contributed by atoms with van der Waals surface area (Å²) in [6.45, 7) is 7.18. The molecule has 12 nitrogen and oxygen atoms in total. The number of amides is 3. The first-order valence-corrected chi connectivity index (χ1v) is 15.8. The number of esters is 1. The van der Waals surface area contributed by atoms with Crippen LogP contribution in [0.15, 0.2) is 77.6 Å². The molecule has 49 heavy (non-hydrogen) atoms. The molecule has 0 unspecified atom stereocenters. The molecule has 1 heterocycles. The van der Waals surface area contributed by atoms with Gasteiger partial charge in [-0.1, -0.05) is 41.4 Å². The zero-order valence-electron chi connectivity index (χ0n) is 27.4. The Bertz CT molecular complexity index is 1790. The van der Waals surface area contributed by atoms with Crippen LogP contribution >= 0.6 is 23.2 Å². The van der Waals surface area contributed by atoms with Crippen LogP contribution in [0.25, 0.3) is 0 Å². The second-order valence-electron chi connectivity index (χ2n) is 10.5. The van der Waals surface area contributed by atoms with Gasteiger partial charge >= 0.3 is 12.0 Å². The average molecular weight is 712 g/mol. The fraction of sp³-hybridized carbons (Fsp3) is 0.257. The Morgan fingerprint density at radius 2 is 1.78 bits per heavy atom. The number of hydrogen-bond donors (Lipinski definition) is 3. The number of carbonyl (C=O) groups is 3. The fourth-order valence-corrected chi connectivity index (χ4v) is 5.25. The van der Waals surface area contributed by atoms with Gasteiger partial charge in [-0.05, 0) is 73.4 Å². The van der Waals surface area contributed by atoms with Crippen molar-refractivity contribution in [1.29, 1.82) is 0 Å². The van der Waals surface area contributed by atoms with Gasteiger partial charge in [-0.15, -0.1) is 6.58 Å². The van der Waals surface area contributed by atoms with Crippen molar-refractivity contribution in [3.05, 3.63) is 105 Å². The minimum atomic E-state index is -0.790. The zero-order valence-corrected chi connectivity index (χ0v) is 28.9. The molecule has 258 valence electrons. The molecule has 0 saturated carbocycles. The molecule has 1 aliphatic rings. The molecule has 0 radical (unpaired) electrons. The summed E-state index contributed by atoms with van der Waals surface area (Å²) < 4.78 is 28.0. The van der Waals surface area contributed by atoms with Crippen molar-refractivity contribution in [3.63, 3.8) is 0 Å². The Hall–Kier alpha value is -5.20. The van der Waals surface area contributed by atoms with Gasteiger partial charge in [0.25, 0.3) is 5.91 Å². The van der Waals surface area contributed by atoms with Gasteiger partial charge in [0.2, 0.25) is 0 Å². The smallest absolute Gasteiger partial charge is 0.338 e. The number of nitrogens with one attached hydrogen (secondary N) is 3. The van der Waals surface area contributed by atoms with E-state index in [1.54, 1.807) is 56.3 Å². The number of hydrazone groups is 1. The molecule has 14 heteroatoms. The van der Waals surface area contributed by atoms with E-state index in [0.29, 0.717) is 44.8 Å². The lowest BCUT2D eigenvalue weighted by Gasteiger charge is -2.28. The number of nitrogens with zero attached hydrogens (tertiary/aromatic N) is 1. The summed E-state index contributed by atoms with van der Waals surface area (Å²) in [5.74, 6) is 0.457. The van der Waals surface area contributed by atoms with E-state index >= 15 is 0 Å². The lowest BCUT2D eigenvalue weighted by Crippen LogP contribution is -2.45. The SMILES string of the molecule is C=CCc1cc(/C=N\NC(=O)COc2ccc([C@@H]3NC(=O)NC(C)=C3C(=O)OCC)cc2OC)cc(OC)c1OCc1ccc(Cl)c(Cl)c1. The summed E-state index contributed by atoms with van der Waals surface area (Å²) in [6.07, 6.45) is 3.69. The van der Waals surface area contributed by atoms with Gasteiger partial charge in [0.05, 0.1) is 48.7 Å². The maximum Gasteiger partial charge on any atom is 0.338 e. The van der Waals surface area contributed by atoms with Crippen LogP contribution < -0.4 is 35.0 Å². The Kier molecular flexibility index (Phi) is 12.9. The fourth-order valence-electron chi connectivity index (χ4n) is 4.93. The lowest BCUT2D eigenvalue weighted by atomic mass is 9.95. The second kappa shape index (κ2) is 17.3. The number of methoxy groups -OCH3 is 2. The molecule has 0 saturated heterocycles. The number of benzene rings is 3. The van der Waals surface area contributed by atoms with E-state index in [2.05, 4.69) is 27.7 Å². The first-order valence-electron chi connectivity index (χ1n) is 15.0. The molecule has 4 rings (SSSR count). The minimum absolute atomic E-state index is 0.173. The first-order chi connectivity index (χ1) is 23.6. The van der Waals surface area contributed by atoms with Gasteiger partial charge in [0.1, 0.15) is 6.61 Å². The largest absolute Gasteiger partial charge is 0.493 e. The lowest BCUT2D eigenvalue weighted by molar-refractivity contribution is -0.139. The molecule has 3 aromatic carbocycles. The van der Waals surface area contributed by atoms with Crippen LogP contribution in [0.3, 0.4) is 0 Å². The van der Waals surface area contributed by atoms with E-state index in [9.17, 15) is 14.4 Å². The molecule has 3 aromatic rings. The molecule has 1 aliphatic heterocycles. The highest BCUT2D eigenvalue weighted by molar-refractivity contribution is 6.42. The van der Waals surface area contributed by atoms with Gasteiger partial charge in [-0.25, -0.2) is 15.0 Å². The van der Waals surface area contributed by atoms with E-state index in [0.717, 1.165) is 11.1 Å². The van der Waals surface area contributed by atoms with E-state index in [1.807, 2.05) is 12.1 Å². The van der Waals surface area contributed by atoms with E-state index in [-0.39, 0.29) is 36.9 Å². The highest BCUT2D eigenvalue weighted by Gasteiger charge is 2.32. The quantitative estimate of drug-likeness (QED) is 0.0750. The minimum Gasteiger partial charge on any atom is -0.493 e. The predicted octanol–water partition coefficient (Wildman–Crippen LogP) is 6.04. The maximum absolute atomic E-state index is 12.7. The van der Waals surface area contributed by atoms with E-state index < -0.39 is 23.9 Å². The number of halogens is 2. The van der Waals surface area contributed by atoms with Crippen molar-refractivity contribution < 1.29 is 38.1 Å². The standard InChI is InChI=1S/C35H36Cl2N4O8/c1-6-8-24-13-22(15-29(46-5)33(24)49-18-21-9-11-25(36)26(37)14-21)17-38-41-30(42)19-48-27-12-10-23(16-28(27)45-4)32-31(34(43)47-7-2)20(3)39-35(44)40-32/h6,9-17,32H,1,7-8,18-19H2,2-5H3,(H,41,42)(H2,39,40,44)/b38-17-/t32-/m0/s1. The maximum atomic E-state index is 12.7. The molecule has 0 aromatic heterocycles. The zero-order chi connectivity index (χ0) is 35.5. The van der Waals surface area contributed by atoms with Crippen molar-refractivity contribution >= 4 is 47.3 Å².